The quantitative estimate of drug-likeness (QED) is 0.178. The first kappa shape index (κ1) is 51.0. The van der Waals surface area contributed by atoms with Crippen LogP contribution >= 0.6 is 0 Å². The number of aliphatic hydroxyl groups excluding tert-OH is 2. The van der Waals surface area contributed by atoms with Gasteiger partial charge in [0.2, 0.25) is 0 Å². The molecule has 0 bridgehead atoms. The van der Waals surface area contributed by atoms with E-state index in [1.165, 1.54) is 27.9 Å². The molecule has 17 nitrogen and oxygen atoms in total. The van der Waals surface area contributed by atoms with E-state index in [1.54, 1.807) is 41.5 Å². The third-order valence-corrected chi connectivity index (χ3v) is 12.8. The molecule has 3 aliphatic heterocycles. The zero-order valence-corrected chi connectivity index (χ0v) is 37.3. The molecule has 17 heteroatoms. The lowest BCUT2D eigenvalue weighted by Crippen LogP contribution is -2.61. The van der Waals surface area contributed by atoms with E-state index in [1.807, 2.05) is 25.9 Å². The highest BCUT2D eigenvalue weighted by Gasteiger charge is 2.54. The highest BCUT2D eigenvalue weighted by Crippen LogP contribution is 2.41. The molecule has 3 saturated heterocycles. The second-order valence-corrected chi connectivity index (χ2v) is 18.2. The Kier molecular flexibility index (Phi) is 17.9. The summed E-state index contributed by atoms with van der Waals surface area (Å²) < 4.78 is 43.5. The molecule has 5 N–H and O–H groups in total. The molecule has 0 unspecified atom stereocenters. The SMILES string of the molecule is CC[C@@H]1OC(=O)[C@H](C)[C@H](O[C@@H]2C[C@](C)(OC)[C@H](OC(=O)CCCC(=O)O)[C@H](C)O2)[C@H](C)[C@H](O[C@@H]2O[C@H](C)C[C@H](N(C)C)[C@@H]2O)[C@](C)(O)C[C@H](C)C(=O)[C@H](C)[C@H](O)[C@@]1(C)O. The number of nitrogens with zero attached hydrogens (tertiary/aromatic N) is 1. The minimum atomic E-state index is -2.05. The third-order valence-electron chi connectivity index (χ3n) is 12.8. The van der Waals surface area contributed by atoms with E-state index in [2.05, 4.69) is 0 Å². The Morgan fingerprint density at radius 2 is 1.53 bits per heavy atom. The Labute approximate surface area is 349 Å². The molecule has 3 heterocycles. The molecule has 3 aliphatic rings. The molecule has 18 atom stereocenters. The normalized spacial score (nSPS) is 44.4. The van der Waals surface area contributed by atoms with Crippen LogP contribution in [-0.4, -0.2) is 160 Å². The molecule has 0 spiro atoms. The number of cyclic esters (lactones) is 1. The minimum Gasteiger partial charge on any atom is -0.481 e. The third kappa shape index (κ3) is 12.2. The van der Waals surface area contributed by atoms with Crippen molar-refractivity contribution < 1.29 is 77.9 Å². The van der Waals surface area contributed by atoms with Crippen LogP contribution in [0.4, 0.5) is 0 Å². The van der Waals surface area contributed by atoms with Gasteiger partial charge in [-0.3, -0.25) is 19.2 Å². The predicted molar refractivity (Wildman–Crippen MR) is 212 cm³/mol. The van der Waals surface area contributed by atoms with Crippen molar-refractivity contribution in [1.82, 2.24) is 4.90 Å². The first-order valence-corrected chi connectivity index (χ1v) is 21.0. The predicted octanol–water partition coefficient (Wildman–Crippen LogP) is 2.59. The van der Waals surface area contributed by atoms with Gasteiger partial charge < -0.3 is 63.6 Å². The molecule has 342 valence electrons. The van der Waals surface area contributed by atoms with E-state index in [0.29, 0.717) is 6.42 Å². The summed E-state index contributed by atoms with van der Waals surface area (Å²) in [4.78, 5) is 53.8. The summed E-state index contributed by atoms with van der Waals surface area (Å²) in [5.74, 6) is -6.97. The number of carboxylic acids is 1. The maximum Gasteiger partial charge on any atom is 0.311 e. The van der Waals surface area contributed by atoms with Crippen molar-refractivity contribution in [2.45, 2.75) is 198 Å². The summed E-state index contributed by atoms with van der Waals surface area (Å²) >= 11 is 0. The highest BCUT2D eigenvalue weighted by molar-refractivity contribution is 5.83. The number of aliphatic hydroxyl groups is 4. The molecular weight excluding hydrogens is 774 g/mol. The number of aliphatic carboxylic acids is 1. The first-order valence-electron chi connectivity index (χ1n) is 21.0. The van der Waals surface area contributed by atoms with E-state index in [0.717, 1.165) is 0 Å². The van der Waals surface area contributed by atoms with Crippen LogP contribution in [0.25, 0.3) is 0 Å². The fourth-order valence-corrected chi connectivity index (χ4v) is 9.20. The van der Waals surface area contributed by atoms with Gasteiger partial charge in [-0.2, -0.15) is 0 Å². The number of hydrogen-bond donors (Lipinski definition) is 5. The number of Topliss-reactive ketones (excluding diaryl/α,β-unsaturated/α-hetero) is 1. The van der Waals surface area contributed by atoms with E-state index in [4.69, 9.17) is 38.3 Å². The Morgan fingerprint density at radius 1 is 0.898 bits per heavy atom. The summed E-state index contributed by atoms with van der Waals surface area (Å²) in [6.45, 7) is 16.1. The van der Waals surface area contributed by atoms with Crippen LogP contribution in [0.2, 0.25) is 0 Å². The van der Waals surface area contributed by atoms with E-state index in [-0.39, 0.29) is 50.7 Å². The lowest BCUT2D eigenvalue weighted by Gasteiger charge is -2.49. The van der Waals surface area contributed by atoms with Gasteiger partial charge in [0.25, 0.3) is 0 Å². The van der Waals surface area contributed by atoms with Crippen molar-refractivity contribution in [2.75, 3.05) is 21.2 Å². The second-order valence-electron chi connectivity index (χ2n) is 18.2. The van der Waals surface area contributed by atoms with Crippen LogP contribution < -0.4 is 0 Å². The van der Waals surface area contributed by atoms with Crippen molar-refractivity contribution in [3.63, 3.8) is 0 Å². The molecule has 0 aromatic carbocycles. The number of hydrogen-bond acceptors (Lipinski definition) is 16. The van der Waals surface area contributed by atoms with Gasteiger partial charge in [-0.05, 0) is 81.3 Å². The average Bonchev–Trinajstić information content (AvgIpc) is 3.14. The van der Waals surface area contributed by atoms with Gasteiger partial charge in [0, 0.05) is 50.2 Å². The molecular formula is C42H73NO16. The van der Waals surface area contributed by atoms with Gasteiger partial charge in [-0.15, -0.1) is 0 Å². The monoisotopic (exact) mass is 847 g/mol. The van der Waals surface area contributed by atoms with Crippen molar-refractivity contribution in [2.24, 2.45) is 23.7 Å². The molecule has 3 rings (SSSR count). The number of carbonyl (C=O) groups excluding carboxylic acids is 3. The molecule has 3 fully saturated rings. The zero-order chi connectivity index (χ0) is 44.9. The van der Waals surface area contributed by atoms with Crippen molar-refractivity contribution in [3.8, 4) is 0 Å². The van der Waals surface area contributed by atoms with E-state index >= 15 is 0 Å². The van der Waals surface area contributed by atoms with Gasteiger partial charge in [-0.1, -0.05) is 27.7 Å². The Morgan fingerprint density at radius 3 is 2.08 bits per heavy atom. The molecule has 0 amide bonds. The summed E-state index contributed by atoms with van der Waals surface area (Å²) in [7, 11) is 5.10. The molecule has 0 aromatic heterocycles. The van der Waals surface area contributed by atoms with Crippen LogP contribution in [0, 0.1) is 23.7 Å². The Balaban J connectivity index is 2.13. The van der Waals surface area contributed by atoms with Gasteiger partial charge >= 0.3 is 17.9 Å². The lowest BCUT2D eigenvalue weighted by molar-refractivity contribution is -0.318. The van der Waals surface area contributed by atoms with E-state index < -0.39 is 119 Å². The van der Waals surface area contributed by atoms with Gasteiger partial charge in [0.15, 0.2) is 18.7 Å². The standard InChI is InChI=1S/C42H73NO16/c1-14-28-42(10,52)35(49)23(4)32(47)21(2)19-40(8,51)36(59-39-33(48)27(43(11)12)18-22(3)54-39)24(5)34(25(6)38(50)56-28)58-31-20-41(9,53-13)37(26(7)55-31)57-30(46)17-15-16-29(44)45/h21-28,31,33-37,39,48-49,51-52H,14-20H2,1-13H3,(H,44,45)/t21-,22+,23-,24-,25+,26-,27-,28-,31+,33-,34+,35-,36-,37+,39-,40+,41-,42-/m0/s1. The number of ether oxygens (including phenoxy) is 7. The molecule has 0 saturated carbocycles. The van der Waals surface area contributed by atoms with Gasteiger partial charge in [0.1, 0.15) is 29.2 Å². The van der Waals surface area contributed by atoms with Gasteiger partial charge in [0.05, 0.1) is 42.0 Å². The molecule has 59 heavy (non-hydrogen) atoms. The highest BCUT2D eigenvalue weighted by atomic mass is 16.7. The number of carboxylic acid groups (broad SMARTS) is 1. The number of likely N-dealkylation sites (N-methyl/N-ethyl adjacent to an activating group) is 1. The summed E-state index contributed by atoms with van der Waals surface area (Å²) in [6.07, 6.45) is -10.8. The fraction of sp³-hybridized carbons (Fsp3) is 0.905. The van der Waals surface area contributed by atoms with Crippen LogP contribution in [0.15, 0.2) is 0 Å². The fourth-order valence-electron chi connectivity index (χ4n) is 9.20. The minimum absolute atomic E-state index is 0.0117. The second kappa shape index (κ2) is 20.7. The average molecular weight is 848 g/mol. The summed E-state index contributed by atoms with van der Waals surface area (Å²) in [5, 5.41) is 56.1. The van der Waals surface area contributed by atoms with Crippen molar-refractivity contribution in [3.05, 3.63) is 0 Å². The van der Waals surface area contributed by atoms with Crippen LogP contribution in [-0.2, 0) is 52.3 Å². The molecule has 0 radical (unpaired) electrons. The zero-order valence-electron chi connectivity index (χ0n) is 37.3. The Hall–Kier alpha value is -2.32. The summed E-state index contributed by atoms with van der Waals surface area (Å²) in [5.41, 5.74) is -5.09. The smallest absolute Gasteiger partial charge is 0.311 e. The number of esters is 2. The maximum atomic E-state index is 14.3. The summed E-state index contributed by atoms with van der Waals surface area (Å²) in [6, 6.07) is -0.367. The first-order chi connectivity index (χ1) is 27.2. The van der Waals surface area contributed by atoms with Crippen LogP contribution in [0.5, 0.6) is 0 Å². The topological polar surface area (TPSA) is 237 Å². The molecule has 0 aliphatic carbocycles. The lowest BCUT2D eigenvalue weighted by atomic mass is 9.74. The Bertz CT molecular complexity index is 1420. The number of rotatable bonds is 12. The van der Waals surface area contributed by atoms with Crippen LogP contribution in [0.3, 0.4) is 0 Å². The number of methoxy groups -OCH3 is 1. The van der Waals surface area contributed by atoms with Crippen molar-refractivity contribution in [1.29, 1.82) is 0 Å². The number of carbonyl (C=O) groups is 4. The molecule has 0 aromatic rings. The van der Waals surface area contributed by atoms with E-state index in [9.17, 15) is 39.6 Å². The maximum absolute atomic E-state index is 14.3. The van der Waals surface area contributed by atoms with Crippen LogP contribution in [0.1, 0.15) is 114 Å². The largest absolute Gasteiger partial charge is 0.481 e. The van der Waals surface area contributed by atoms with Gasteiger partial charge in [-0.25, -0.2) is 0 Å². The number of ketones is 1. The van der Waals surface area contributed by atoms with Crippen molar-refractivity contribution >= 4 is 23.7 Å².